The van der Waals surface area contributed by atoms with Gasteiger partial charge in [0.25, 0.3) is 0 Å². The molecule has 0 aliphatic carbocycles. The minimum Gasteiger partial charge on any atom is -0.464 e. The second kappa shape index (κ2) is 7.64. The Hall–Kier alpha value is -2.30. The molecule has 0 radical (unpaired) electrons. The zero-order chi connectivity index (χ0) is 16.8. The average Bonchev–Trinajstić information content (AvgIpc) is 2.51. The van der Waals surface area contributed by atoms with Gasteiger partial charge in [0.1, 0.15) is 0 Å². The fourth-order valence-electron chi connectivity index (χ4n) is 1.96. The smallest absolute Gasteiger partial charge is 0.339 e. The van der Waals surface area contributed by atoms with E-state index < -0.39 is 11.5 Å². The van der Waals surface area contributed by atoms with Crippen molar-refractivity contribution < 1.29 is 14.3 Å². The molecule has 120 valence electrons. The third-order valence-corrected chi connectivity index (χ3v) is 3.49. The minimum absolute atomic E-state index is 0.224. The standard InChI is InChI=1S/C17H24N2O3/c1-6-22-16(21)17(2,15(20)12-13-18(3)4)19(5)14-10-8-7-9-11-14/h7-13H,6H2,1-5H3/b13-12+. The number of hydrogen-bond acceptors (Lipinski definition) is 5. The zero-order valence-electron chi connectivity index (χ0n) is 13.9. The SMILES string of the molecule is CCOC(=O)C(C)(C(=O)/C=C/N(C)C)N(C)c1ccccc1. The molecule has 0 fully saturated rings. The number of likely N-dealkylation sites (N-methyl/N-ethyl adjacent to an activating group) is 1. The van der Waals surface area contributed by atoms with Crippen molar-refractivity contribution in [2.24, 2.45) is 0 Å². The van der Waals surface area contributed by atoms with Crippen molar-refractivity contribution in [1.29, 1.82) is 0 Å². The molecule has 0 heterocycles. The van der Waals surface area contributed by atoms with Gasteiger partial charge >= 0.3 is 5.97 Å². The number of esters is 1. The predicted molar refractivity (Wildman–Crippen MR) is 87.7 cm³/mol. The topological polar surface area (TPSA) is 49.9 Å². The molecular weight excluding hydrogens is 280 g/mol. The number of anilines is 1. The lowest BCUT2D eigenvalue weighted by molar-refractivity contribution is -0.151. The van der Waals surface area contributed by atoms with Crippen molar-refractivity contribution in [3.05, 3.63) is 42.6 Å². The van der Waals surface area contributed by atoms with Gasteiger partial charge in [-0.1, -0.05) is 18.2 Å². The molecule has 1 rings (SSSR count). The Morgan fingerprint density at radius 1 is 1.18 bits per heavy atom. The van der Waals surface area contributed by atoms with Crippen LogP contribution >= 0.6 is 0 Å². The van der Waals surface area contributed by atoms with Gasteiger partial charge in [-0.05, 0) is 26.0 Å². The fourth-order valence-corrected chi connectivity index (χ4v) is 1.96. The molecule has 1 aromatic carbocycles. The fraction of sp³-hybridized carbons (Fsp3) is 0.412. The van der Waals surface area contributed by atoms with Crippen LogP contribution in [0.25, 0.3) is 0 Å². The summed E-state index contributed by atoms with van der Waals surface area (Å²) in [6.45, 7) is 3.53. The first-order valence-corrected chi connectivity index (χ1v) is 7.19. The minimum atomic E-state index is -1.41. The van der Waals surface area contributed by atoms with Crippen LogP contribution in [0.15, 0.2) is 42.6 Å². The molecule has 5 nitrogen and oxygen atoms in total. The lowest BCUT2D eigenvalue weighted by Crippen LogP contribution is -2.57. The predicted octanol–water partition coefficient (Wildman–Crippen LogP) is 2.09. The first kappa shape index (κ1) is 17.8. The molecule has 0 bridgehead atoms. The Kier molecular flexibility index (Phi) is 6.16. The zero-order valence-corrected chi connectivity index (χ0v) is 13.9. The van der Waals surface area contributed by atoms with E-state index >= 15 is 0 Å². The average molecular weight is 304 g/mol. The lowest BCUT2D eigenvalue weighted by Gasteiger charge is -2.36. The van der Waals surface area contributed by atoms with Crippen LogP contribution < -0.4 is 4.90 Å². The Morgan fingerprint density at radius 2 is 1.77 bits per heavy atom. The van der Waals surface area contributed by atoms with Gasteiger partial charge in [0.15, 0.2) is 11.3 Å². The van der Waals surface area contributed by atoms with Crippen LogP contribution in [0.4, 0.5) is 5.69 Å². The number of ketones is 1. The summed E-state index contributed by atoms with van der Waals surface area (Å²) in [4.78, 5) is 28.5. The van der Waals surface area contributed by atoms with E-state index in [4.69, 9.17) is 4.74 Å². The van der Waals surface area contributed by atoms with Gasteiger partial charge in [-0.25, -0.2) is 4.79 Å². The van der Waals surface area contributed by atoms with Gasteiger partial charge in [0.2, 0.25) is 0 Å². The highest BCUT2D eigenvalue weighted by Crippen LogP contribution is 2.25. The van der Waals surface area contributed by atoms with Crippen LogP contribution in [0.3, 0.4) is 0 Å². The molecule has 1 aromatic rings. The number of hydrogen-bond donors (Lipinski definition) is 0. The largest absolute Gasteiger partial charge is 0.464 e. The first-order chi connectivity index (χ1) is 10.3. The number of nitrogens with zero attached hydrogens (tertiary/aromatic N) is 2. The van der Waals surface area contributed by atoms with Gasteiger partial charge < -0.3 is 14.5 Å². The van der Waals surface area contributed by atoms with E-state index in [-0.39, 0.29) is 12.4 Å². The normalized spacial score (nSPS) is 13.5. The van der Waals surface area contributed by atoms with Crippen molar-refractivity contribution in [2.75, 3.05) is 32.6 Å². The molecule has 1 unspecified atom stereocenters. The highest BCUT2D eigenvalue weighted by Gasteiger charge is 2.45. The third-order valence-electron chi connectivity index (χ3n) is 3.49. The van der Waals surface area contributed by atoms with Crippen LogP contribution in [0, 0.1) is 0 Å². The van der Waals surface area contributed by atoms with Crippen molar-refractivity contribution >= 4 is 17.4 Å². The van der Waals surface area contributed by atoms with Gasteiger partial charge in [-0.15, -0.1) is 0 Å². The van der Waals surface area contributed by atoms with Crippen LogP contribution in [0.2, 0.25) is 0 Å². The third kappa shape index (κ3) is 3.87. The van der Waals surface area contributed by atoms with Crippen LogP contribution in [0.1, 0.15) is 13.8 Å². The number of carbonyl (C=O) groups is 2. The highest BCUT2D eigenvalue weighted by molar-refractivity contribution is 6.15. The maximum absolute atomic E-state index is 12.6. The van der Waals surface area contributed by atoms with Crippen molar-refractivity contribution in [1.82, 2.24) is 4.90 Å². The Balaban J connectivity index is 3.22. The van der Waals surface area contributed by atoms with E-state index in [1.165, 1.54) is 6.08 Å². The Morgan fingerprint density at radius 3 is 2.27 bits per heavy atom. The van der Waals surface area contributed by atoms with Crippen LogP contribution in [0.5, 0.6) is 0 Å². The maximum atomic E-state index is 12.6. The Bertz CT molecular complexity index is 540. The second-order valence-corrected chi connectivity index (χ2v) is 5.33. The van der Waals surface area contributed by atoms with E-state index in [0.29, 0.717) is 0 Å². The number of carbonyl (C=O) groups excluding carboxylic acids is 2. The summed E-state index contributed by atoms with van der Waals surface area (Å²) in [5, 5.41) is 0. The lowest BCUT2D eigenvalue weighted by atomic mass is 9.93. The molecule has 0 saturated carbocycles. The van der Waals surface area contributed by atoms with Crippen molar-refractivity contribution in [2.45, 2.75) is 19.4 Å². The molecule has 0 saturated heterocycles. The first-order valence-electron chi connectivity index (χ1n) is 7.19. The van der Waals surface area contributed by atoms with Crippen LogP contribution in [-0.2, 0) is 14.3 Å². The molecule has 0 aliphatic rings. The monoisotopic (exact) mass is 304 g/mol. The summed E-state index contributed by atoms with van der Waals surface area (Å²) in [6, 6.07) is 9.29. The molecule has 22 heavy (non-hydrogen) atoms. The highest BCUT2D eigenvalue weighted by atomic mass is 16.5. The molecule has 1 atom stereocenters. The number of para-hydroxylation sites is 1. The molecule has 0 aromatic heterocycles. The summed E-state index contributed by atoms with van der Waals surface area (Å²) in [7, 11) is 5.34. The van der Waals surface area contributed by atoms with E-state index in [9.17, 15) is 9.59 Å². The van der Waals surface area contributed by atoms with Gasteiger partial charge in [-0.2, -0.15) is 0 Å². The van der Waals surface area contributed by atoms with E-state index in [1.54, 1.807) is 36.9 Å². The second-order valence-electron chi connectivity index (χ2n) is 5.33. The van der Waals surface area contributed by atoms with Crippen molar-refractivity contribution in [3.63, 3.8) is 0 Å². The summed E-state index contributed by atoms with van der Waals surface area (Å²) >= 11 is 0. The summed E-state index contributed by atoms with van der Waals surface area (Å²) < 4.78 is 5.13. The molecule has 0 amide bonds. The summed E-state index contributed by atoms with van der Waals surface area (Å²) in [5.74, 6) is -0.888. The number of rotatable bonds is 7. The summed E-state index contributed by atoms with van der Waals surface area (Å²) in [6.07, 6.45) is 3.02. The molecule has 5 heteroatoms. The van der Waals surface area contributed by atoms with Crippen molar-refractivity contribution in [3.8, 4) is 0 Å². The van der Waals surface area contributed by atoms with E-state index in [2.05, 4.69) is 0 Å². The molecule has 0 spiro atoms. The Labute approximate surface area is 132 Å². The van der Waals surface area contributed by atoms with Crippen LogP contribution in [-0.4, -0.2) is 49.9 Å². The van der Waals surface area contributed by atoms with Gasteiger partial charge in [-0.3, -0.25) is 4.79 Å². The van der Waals surface area contributed by atoms with Gasteiger partial charge in [0.05, 0.1) is 6.61 Å². The number of benzene rings is 1. The van der Waals surface area contributed by atoms with Gasteiger partial charge in [0, 0.05) is 39.1 Å². The maximum Gasteiger partial charge on any atom is 0.339 e. The summed E-state index contributed by atoms with van der Waals surface area (Å²) in [5.41, 5.74) is -0.645. The molecular formula is C17H24N2O3. The number of ether oxygens (including phenoxy) is 1. The quantitative estimate of drug-likeness (QED) is 0.438. The molecule has 0 N–H and O–H groups in total. The van der Waals surface area contributed by atoms with E-state index in [0.717, 1.165) is 5.69 Å². The molecule has 0 aliphatic heterocycles. The van der Waals surface area contributed by atoms with E-state index in [1.807, 2.05) is 44.4 Å².